The van der Waals surface area contributed by atoms with Gasteiger partial charge >= 0.3 is 11.9 Å². The Labute approximate surface area is 106 Å². The number of ketones is 1. The quantitative estimate of drug-likeness (QED) is 0.212. The van der Waals surface area contributed by atoms with E-state index in [1.54, 1.807) is 20.8 Å². The third-order valence-corrected chi connectivity index (χ3v) is 1.77. The highest BCUT2D eigenvalue weighted by Crippen LogP contribution is 2.05. The van der Waals surface area contributed by atoms with Gasteiger partial charge in [-0.3, -0.25) is 9.59 Å². The summed E-state index contributed by atoms with van der Waals surface area (Å²) in [6, 6.07) is 0. The molecule has 0 aliphatic heterocycles. The molecule has 0 heterocycles. The molecule has 0 aliphatic rings. The van der Waals surface area contributed by atoms with Crippen LogP contribution in [0, 0.1) is 0 Å². The van der Waals surface area contributed by atoms with Gasteiger partial charge in [0.05, 0.1) is 19.8 Å². The molecule has 0 saturated carbocycles. The van der Waals surface area contributed by atoms with E-state index in [-0.39, 0.29) is 18.8 Å². The summed E-state index contributed by atoms with van der Waals surface area (Å²) in [5.41, 5.74) is -0.285. The third kappa shape index (κ3) is 6.03. The molecule has 0 saturated heterocycles. The van der Waals surface area contributed by atoms with Gasteiger partial charge in [0.2, 0.25) is 0 Å². The Balaban J connectivity index is 4.70. The summed E-state index contributed by atoms with van der Waals surface area (Å²) in [6.07, 6.45) is 0.505. The van der Waals surface area contributed by atoms with Crippen LogP contribution in [-0.2, 0) is 28.6 Å². The Morgan fingerprint density at radius 2 is 1.56 bits per heavy atom. The van der Waals surface area contributed by atoms with Crippen molar-refractivity contribution in [3.05, 3.63) is 11.8 Å². The van der Waals surface area contributed by atoms with Crippen molar-refractivity contribution in [3.63, 3.8) is 0 Å². The standard InChI is InChI=1S/C12H18O6/c1-4-16-8-9(12(15)18-6-3)10(13)7-11(14)17-5-2/h8H,4-7H2,1-3H3/b9-8-. The van der Waals surface area contributed by atoms with Crippen LogP contribution in [0.2, 0.25) is 0 Å². The number of carbonyl (C=O) groups is 3. The van der Waals surface area contributed by atoms with E-state index in [0.717, 1.165) is 6.26 Å². The minimum absolute atomic E-state index is 0.134. The first-order valence-electron chi connectivity index (χ1n) is 5.74. The average molecular weight is 258 g/mol. The fourth-order valence-corrected chi connectivity index (χ4v) is 1.04. The molecule has 6 nitrogen and oxygen atoms in total. The lowest BCUT2D eigenvalue weighted by Gasteiger charge is -2.06. The average Bonchev–Trinajstić information content (AvgIpc) is 2.30. The molecule has 0 fully saturated rings. The van der Waals surface area contributed by atoms with Crippen molar-refractivity contribution >= 4 is 17.7 Å². The summed E-state index contributed by atoms with van der Waals surface area (Å²) in [5.74, 6) is -2.17. The Hall–Kier alpha value is -1.85. The molecule has 6 heteroatoms. The van der Waals surface area contributed by atoms with Gasteiger partial charge < -0.3 is 14.2 Å². The molecule has 0 bridgehead atoms. The first-order valence-corrected chi connectivity index (χ1v) is 5.74. The highest BCUT2D eigenvalue weighted by molar-refractivity contribution is 6.20. The monoisotopic (exact) mass is 258 g/mol. The van der Waals surface area contributed by atoms with Crippen LogP contribution in [0.15, 0.2) is 11.8 Å². The van der Waals surface area contributed by atoms with Crippen LogP contribution in [0.3, 0.4) is 0 Å². The Kier molecular flexibility index (Phi) is 8.26. The lowest BCUT2D eigenvalue weighted by molar-refractivity contribution is -0.145. The van der Waals surface area contributed by atoms with Crippen LogP contribution < -0.4 is 0 Å². The zero-order valence-electron chi connectivity index (χ0n) is 10.9. The van der Waals surface area contributed by atoms with Crippen LogP contribution in [0.1, 0.15) is 27.2 Å². The van der Waals surface area contributed by atoms with Crippen LogP contribution in [0.5, 0.6) is 0 Å². The summed E-state index contributed by atoms with van der Waals surface area (Å²) >= 11 is 0. The first kappa shape index (κ1) is 16.1. The Bertz CT molecular complexity index is 331. The molecule has 0 unspecified atom stereocenters. The Morgan fingerprint density at radius 1 is 0.944 bits per heavy atom. The van der Waals surface area contributed by atoms with Crippen LogP contribution >= 0.6 is 0 Å². The molecule has 0 aromatic carbocycles. The van der Waals surface area contributed by atoms with Gasteiger partial charge in [0.15, 0.2) is 5.78 Å². The summed E-state index contributed by atoms with van der Waals surface area (Å²) < 4.78 is 14.2. The van der Waals surface area contributed by atoms with Crippen molar-refractivity contribution in [1.29, 1.82) is 0 Å². The van der Waals surface area contributed by atoms with Crippen molar-refractivity contribution in [1.82, 2.24) is 0 Å². The smallest absolute Gasteiger partial charge is 0.344 e. The molecule has 0 N–H and O–H groups in total. The highest BCUT2D eigenvalue weighted by Gasteiger charge is 2.23. The number of rotatable bonds is 8. The van der Waals surface area contributed by atoms with Gasteiger partial charge in [0.1, 0.15) is 18.3 Å². The molecule has 0 spiro atoms. The largest absolute Gasteiger partial charge is 0.500 e. The molecular formula is C12H18O6. The number of ether oxygens (including phenoxy) is 3. The molecule has 102 valence electrons. The van der Waals surface area contributed by atoms with E-state index in [1.807, 2.05) is 0 Å². The number of Topliss-reactive ketones (excluding diaryl/α,β-unsaturated/α-hetero) is 1. The van der Waals surface area contributed by atoms with Crippen molar-refractivity contribution in [2.24, 2.45) is 0 Å². The zero-order chi connectivity index (χ0) is 14.0. The molecule has 18 heavy (non-hydrogen) atoms. The van der Waals surface area contributed by atoms with Crippen molar-refractivity contribution in [2.45, 2.75) is 27.2 Å². The fourth-order valence-electron chi connectivity index (χ4n) is 1.04. The van der Waals surface area contributed by atoms with Crippen molar-refractivity contribution < 1.29 is 28.6 Å². The van der Waals surface area contributed by atoms with Gasteiger partial charge in [-0.2, -0.15) is 0 Å². The van der Waals surface area contributed by atoms with Gasteiger partial charge in [0.25, 0.3) is 0 Å². The van der Waals surface area contributed by atoms with Crippen LogP contribution in [0.25, 0.3) is 0 Å². The van der Waals surface area contributed by atoms with Gasteiger partial charge in [-0.1, -0.05) is 0 Å². The molecule has 0 aliphatic carbocycles. The lowest BCUT2D eigenvalue weighted by Crippen LogP contribution is -2.20. The second-order valence-corrected chi connectivity index (χ2v) is 3.11. The van der Waals surface area contributed by atoms with E-state index in [1.165, 1.54) is 0 Å². The maximum Gasteiger partial charge on any atom is 0.344 e. The van der Waals surface area contributed by atoms with Gasteiger partial charge in [-0.15, -0.1) is 0 Å². The number of carbonyl (C=O) groups excluding carboxylic acids is 3. The zero-order valence-corrected chi connectivity index (χ0v) is 10.9. The van der Waals surface area contributed by atoms with Gasteiger partial charge in [-0.05, 0) is 20.8 Å². The minimum atomic E-state index is -0.805. The number of esters is 2. The third-order valence-electron chi connectivity index (χ3n) is 1.77. The SMILES string of the molecule is CCO/C=C(/C(=O)CC(=O)OCC)C(=O)OCC. The van der Waals surface area contributed by atoms with Gasteiger partial charge in [0, 0.05) is 0 Å². The number of hydrogen-bond acceptors (Lipinski definition) is 6. The molecule has 0 aromatic rings. The minimum Gasteiger partial charge on any atom is -0.500 e. The molecule has 0 rings (SSSR count). The van der Waals surface area contributed by atoms with E-state index < -0.39 is 24.1 Å². The summed E-state index contributed by atoms with van der Waals surface area (Å²) in [7, 11) is 0. The highest BCUT2D eigenvalue weighted by atomic mass is 16.5. The number of hydrogen-bond donors (Lipinski definition) is 0. The predicted molar refractivity (Wildman–Crippen MR) is 62.6 cm³/mol. The molecule has 0 atom stereocenters. The lowest BCUT2D eigenvalue weighted by atomic mass is 10.1. The van der Waals surface area contributed by atoms with E-state index >= 15 is 0 Å². The van der Waals surface area contributed by atoms with E-state index in [4.69, 9.17) is 9.47 Å². The predicted octanol–water partition coefficient (Wildman–Crippen LogP) is 0.992. The molecule has 0 aromatic heterocycles. The molecule has 0 radical (unpaired) electrons. The molecule has 0 amide bonds. The summed E-state index contributed by atoms with van der Waals surface area (Å²) in [4.78, 5) is 34.3. The van der Waals surface area contributed by atoms with Crippen molar-refractivity contribution in [3.8, 4) is 0 Å². The maximum atomic E-state index is 11.7. The van der Waals surface area contributed by atoms with Gasteiger partial charge in [-0.25, -0.2) is 4.79 Å². The first-order chi connectivity index (χ1) is 8.56. The normalized spacial score (nSPS) is 10.7. The maximum absolute atomic E-state index is 11.7. The van der Waals surface area contributed by atoms with Crippen molar-refractivity contribution in [2.75, 3.05) is 19.8 Å². The second-order valence-electron chi connectivity index (χ2n) is 3.11. The second kappa shape index (κ2) is 9.21. The Morgan fingerprint density at radius 3 is 2.06 bits per heavy atom. The van der Waals surface area contributed by atoms with E-state index in [0.29, 0.717) is 6.61 Å². The topological polar surface area (TPSA) is 78.9 Å². The van der Waals surface area contributed by atoms with Crippen LogP contribution in [0.4, 0.5) is 0 Å². The van der Waals surface area contributed by atoms with E-state index in [2.05, 4.69) is 4.74 Å². The van der Waals surface area contributed by atoms with E-state index in [9.17, 15) is 14.4 Å². The van der Waals surface area contributed by atoms with Crippen LogP contribution in [-0.4, -0.2) is 37.5 Å². The molecular weight excluding hydrogens is 240 g/mol. The summed E-state index contributed by atoms with van der Waals surface area (Å²) in [5, 5.41) is 0. The fraction of sp³-hybridized carbons (Fsp3) is 0.583. The summed E-state index contributed by atoms with van der Waals surface area (Å²) in [6.45, 7) is 5.56.